The molecule has 5 nitrogen and oxygen atoms in total. The number of hydrogen-bond acceptors (Lipinski definition) is 4. The molecule has 0 saturated heterocycles. The summed E-state index contributed by atoms with van der Waals surface area (Å²) in [5, 5.41) is 20.4. The maximum Gasteiger partial charge on any atom is 0.275 e. The molecule has 0 unspecified atom stereocenters. The number of benzene rings is 1. The van der Waals surface area contributed by atoms with Gasteiger partial charge in [-0.1, -0.05) is 0 Å². The van der Waals surface area contributed by atoms with Crippen molar-refractivity contribution in [1.29, 1.82) is 0 Å². The van der Waals surface area contributed by atoms with E-state index in [2.05, 4.69) is 0 Å². The number of ether oxygens (including phenoxy) is 1. The Balaban J connectivity index is 2.65. The molecule has 1 heterocycles. The summed E-state index contributed by atoms with van der Waals surface area (Å²) in [7, 11) is 0. The second kappa shape index (κ2) is 5.05. The molecule has 5 heteroatoms. The topological polar surface area (TPSA) is 72.6 Å². The summed E-state index contributed by atoms with van der Waals surface area (Å²) in [6.45, 7) is 7.61. The quantitative estimate of drug-likeness (QED) is 0.679. The van der Waals surface area contributed by atoms with Crippen LogP contribution in [0.15, 0.2) is 0 Å². The fraction of sp³-hybridized carbons (Fsp3) is 0.600. The van der Waals surface area contributed by atoms with Gasteiger partial charge in [0, 0.05) is 35.3 Å². The van der Waals surface area contributed by atoms with E-state index < -0.39 is 0 Å². The first-order chi connectivity index (χ1) is 9.28. The van der Waals surface area contributed by atoms with E-state index in [0.29, 0.717) is 30.4 Å². The van der Waals surface area contributed by atoms with Crippen molar-refractivity contribution >= 4 is 5.69 Å². The van der Waals surface area contributed by atoms with E-state index >= 15 is 0 Å². The minimum Gasteiger partial charge on any atom is -0.487 e. The SMILES string of the molecule is Cc1c(CCCO)c2c(c(C)c1[N+](=O)[O-])CC(C)(C)O2. The lowest BCUT2D eigenvalue weighted by Crippen LogP contribution is -2.25. The van der Waals surface area contributed by atoms with Crippen molar-refractivity contribution in [2.75, 3.05) is 6.61 Å². The van der Waals surface area contributed by atoms with Crippen LogP contribution in [0.1, 0.15) is 42.5 Å². The fourth-order valence-electron chi connectivity index (χ4n) is 2.99. The Morgan fingerprint density at radius 2 is 2.00 bits per heavy atom. The first kappa shape index (κ1) is 14.8. The minimum atomic E-state index is -0.331. The summed E-state index contributed by atoms with van der Waals surface area (Å²) in [5.41, 5.74) is 3.05. The summed E-state index contributed by atoms with van der Waals surface area (Å²) in [6, 6.07) is 0. The highest BCUT2D eigenvalue weighted by Gasteiger charge is 2.37. The second-order valence-corrected chi connectivity index (χ2v) is 6.01. The Morgan fingerprint density at radius 3 is 2.55 bits per heavy atom. The number of nitro groups is 1. The van der Waals surface area contributed by atoms with E-state index in [-0.39, 0.29) is 22.8 Å². The van der Waals surface area contributed by atoms with Gasteiger partial charge in [-0.2, -0.15) is 0 Å². The number of hydrogen-bond donors (Lipinski definition) is 1. The van der Waals surface area contributed by atoms with Gasteiger partial charge in [0.2, 0.25) is 0 Å². The summed E-state index contributed by atoms with van der Waals surface area (Å²) in [6.07, 6.45) is 1.86. The van der Waals surface area contributed by atoms with E-state index in [1.54, 1.807) is 13.8 Å². The van der Waals surface area contributed by atoms with Gasteiger partial charge >= 0.3 is 0 Å². The van der Waals surface area contributed by atoms with E-state index in [4.69, 9.17) is 9.84 Å². The van der Waals surface area contributed by atoms with Gasteiger partial charge in [0.1, 0.15) is 11.4 Å². The number of nitrogens with zero attached hydrogens (tertiary/aromatic N) is 1. The van der Waals surface area contributed by atoms with Gasteiger partial charge in [0.15, 0.2) is 0 Å². The van der Waals surface area contributed by atoms with Crippen molar-refractivity contribution in [3.8, 4) is 5.75 Å². The zero-order valence-electron chi connectivity index (χ0n) is 12.4. The van der Waals surface area contributed by atoms with Gasteiger partial charge in [-0.25, -0.2) is 0 Å². The van der Waals surface area contributed by atoms with Crippen molar-refractivity contribution in [3.05, 3.63) is 32.4 Å². The summed E-state index contributed by atoms with van der Waals surface area (Å²) in [4.78, 5) is 11.0. The maximum absolute atomic E-state index is 11.3. The van der Waals surface area contributed by atoms with Crippen LogP contribution in [-0.4, -0.2) is 22.2 Å². The van der Waals surface area contributed by atoms with Crippen LogP contribution < -0.4 is 4.74 Å². The fourth-order valence-corrected chi connectivity index (χ4v) is 2.99. The Hall–Kier alpha value is -1.62. The standard InChI is InChI=1S/C15H21NO4/c1-9-11(6-5-7-17)14-12(8-15(3,4)20-14)10(2)13(9)16(18)19/h17H,5-8H2,1-4H3. The molecule has 20 heavy (non-hydrogen) atoms. The van der Waals surface area contributed by atoms with Crippen molar-refractivity contribution in [2.24, 2.45) is 0 Å². The lowest BCUT2D eigenvalue weighted by atomic mass is 9.90. The number of fused-ring (bicyclic) bond motifs is 1. The molecule has 0 atom stereocenters. The van der Waals surface area contributed by atoms with Gasteiger partial charge in [-0.05, 0) is 40.5 Å². The Morgan fingerprint density at radius 1 is 1.35 bits per heavy atom. The molecular weight excluding hydrogens is 258 g/mol. The predicted molar refractivity (Wildman–Crippen MR) is 76.4 cm³/mol. The number of aliphatic hydroxyl groups excluding tert-OH is 1. The van der Waals surface area contributed by atoms with Crippen LogP contribution in [0.3, 0.4) is 0 Å². The zero-order valence-corrected chi connectivity index (χ0v) is 12.4. The van der Waals surface area contributed by atoms with Gasteiger partial charge < -0.3 is 9.84 Å². The van der Waals surface area contributed by atoms with Crippen LogP contribution in [0.25, 0.3) is 0 Å². The molecule has 110 valence electrons. The average Bonchev–Trinajstić information content (AvgIpc) is 2.65. The molecule has 1 N–H and O–H groups in total. The normalized spacial score (nSPS) is 15.8. The van der Waals surface area contributed by atoms with Crippen LogP contribution in [-0.2, 0) is 12.8 Å². The Labute approximate surface area is 118 Å². The van der Waals surface area contributed by atoms with Crippen LogP contribution >= 0.6 is 0 Å². The van der Waals surface area contributed by atoms with Gasteiger partial charge in [-0.3, -0.25) is 10.1 Å². The molecule has 0 fully saturated rings. The lowest BCUT2D eigenvalue weighted by molar-refractivity contribution is -0.386. The highest BCUT2D eigenvalue weighted by Crippen LogP contribution is 2.45. The maximum atomic E-state index is 11.3. The molecule has 0 aromatic heterocycles. The van der Waals surface area contributed by atoms with Crippen molar-refractivity contribution in [1.82, 2.24) is 0 Å². The van der Waals surface area contributed by atoms with E-state index in [1.165, 1.54) is 0 Å². The molecule has 0 spiro atoms. The summed E-state index contributed by atoms with van der Waals surface area (Å²) >= 11 is 0. The molecule has 1 aliphatic rings. The predicted octanol–water partition coefficient (Wildman–Crippen LogP) is 2.85. The summed E-state index contributed by atoms with van der Waals surface area (Å²) < 4.78 is 6.01. The number of rotatable bonds is 4. The molecule has 1 aliphatic heterocycles. The monoisotopic (exact) mass is 279 g/mol. The van der Waals surface area contributed by atoms with Crippen LogP contribution in [0.4, 0.5) is 5.69 Å². The number of nitro benzene ring substituents is 1. The molecule has 2 rings (SSSR count). The first-order valence-corrected chi connectivity index (χ1v) is 6.87. The Bertz CT molecular complexity index is 564. The van der Waals surface area contributed by atoms with Crippen LogP contribution in [0.5, 0.6) is 5.75 Å². The van der Waals surface area contributed by atoms with Gasteiger partial charge in [-0.15, -0.1) is 0 Å². The lowest BCUT2D eigenvalue weighted by Gasteiger charge is -2.19. The van der Waals surface area contributed by atoms with Crippen molar-refractivity contribution < 1.29 is 14.8 Å². The third kappa shape index (κ3) is 2.38. The third-order valence-corrected chi connectivity index (χ3v) is 3.91. The van der Waals surface area contributed by atoms with Crippen molar-refractivity contribution in [2.45, 2.75) is 52.6 Å². The first-order valence-electron chi connectivity index (χ1n) is 6.87. The smallest absolute Gasteiger partial charge is 0.275 e. The van der Waals surface area contributed by atoms with Crippen molar-refractivity contribution in [3.63, 3.8) is 0 Å². The van der Waals surface area contributed by atoms with Gasteiger partial charge in [0.25, 0.3) is 5.69 Å². The van der Waals surface area contributed by atoms with E-state index in [9.17, 15) is 10.1 Å². The zero-order chi connectivity index (χ0) is 15.1. The van der Waals surface area contributed by atoms with Gasteiger partial charge in [0.05, 0.1) is 4.92 Å². The Kier molecular flexibility index (Phi) is 3.73. The van der Waals surface area contributed by atoms with E-state index in [0.717, 1.165) is 16.9 Å². The molecule has 0 aliphatic carbocycles. The largest absolute Gasteiger partial charge is 0.487 e. The number of aliphatic hydroxyl groups is 1. The second-order valence-electron chi connectivity index (χ2n) is 6.01. The third-order valence-electron chi connectivity index (χ3n) is 3.91. The van der Waals surface area contributed by atoms with Crippen LogP contribution in [0.2, 0.25) is 0 Å². The molecule has 1 aromatic carbocycles. The molecular formula is C15H21NO4. The minimum absolute atomic E-state index is 0.0687. The highest BCUT2D eigenvalue weighted by molar-refractivity contribution is 5.63. The molecule has 0 bridgehead atoms. The highest BCUT2D eigenvalue weighted by atomic mass is 16.6. The van der Waals surface area contributed by atoms with E-state index in [1.807, 2.05) is 13.8 Å². The molecule has 0 saturated carbocycles. The van der Waals surface area contributed by atoms with Crippen LogP contribution in [0, 0.1) is 24.0 Å². The summed E-state index contributed by atoms with van der Waals surface area (Å²) in [5.74, 6) is 0.795. The molecule has 0 amide bonds. The molecule has 1 aromatic rings. The average molecular weight is 279 g/mol. The molecule has 0 radical (unpaired) electrons.